The SMILES string of the molecule is CCC(=O)N1CCC(C(NCc2ccncc2)C(N)=O)C1. The summed E-state index contributed by atoms with van der Waals surface area (Å²) in [7, 11) is 0. The van der Waals surface area contributed by atoms with Crippen molar-refractivity contribution in [2.45, 2.75) is 32.4 Å². The monoisotopic (exact) mass is 290 g/mol. The third kappa shape index (κ3) is 4.01. The predicted octanol–water partition coefficient (Wildman–Crippen LogP) is 0.284. The zero-order valence-corrected chi connectivity index (χ0v) is 12.3. The first-order valence-corrected chi connectivity index (χ1v) is 7.31. The van der Waals surface area contributed by atoms with Crippen LogP contribution in [0.4, 0.5) is 0 Å². The molecule has 2 unspecified atom stereocenters. The van der Waals surface area contributed by atoms with Gasteiger partial charge in [-0.05, 0) is 24.1 Å². The van der Waals surface area contributed by atoms with Gasteiger partial charge in [-0.25, -0.2) is 0 Å². The van der Waals surface area contributed by atoms with Crippen molar-refractivity contribution in [1.82, 2.24) is 15.2 Å². The maximum atomic E-state index is 11.7. The Labute approximate surface area is 124 Å². The molecule has 0 saturated carbocycles. The number of likely N-dealkylation sites (tertiary alicyclic amines) is 1. The number of nitrogens with zero attached hydrogens (tertiary/aromatic N) is 2. The molecule has 2 amide bonds. The number of nitrogens with two attached hydrogens (primary N) is 1. The van der Waals surface area contributed by atoms with E-state index in [1.807, 2.05) is 24.0 Å². The minimum Gasteiger partial charge on any atom is -0.368 e. The first-order chi connectivity index (χ1) is 10.1. The summed E-state index contributed by atoms with van der Waals surface area (Å²) in [6.45, 7) is 3.72. The van der Waals surface area contributed by atoms with E-state index in [1.165, 1.54) is 0 Å². The lowest BCUT2D eigenvalue weighted by atomic mass is 9.98. The lowest BCUT2D eigenvalue weighted by molar-refractivity contribution is -0.130. The third-order valence-electron chi connectivity index (χ3n) is 3.93. The maximum absolute atomic E-state index is 11.7. The molecule has 6 nitrogen and oxygen atoms in total. The van der Waals surface area contributed by atoms with Crippen LogP contribution in [0, 0.1) is 5.92 Å². The van der Waals surface area contributed by atoms with Crippen LogP contribution >= 0.6 is 0 Å². The Hall–Kier alpha value is -1.95. The highest BCUT2D eigenvalue weighted by molar-refractivity contribution is 5.81. The predicted molar refractivity (Wildman–Crippen MR) is 79.0 cm³/mol. The molecule has 1 aromatic heterocycles. The fourth-order valence-corrected chi connectivity index (χ4v) is 2.74. The van der Waals surface area contributed by atoms with Gasteiger partial charge in [-0.3, -0.25) is 14.6 Å². The van der Waals surface area contributed by atoms with Gasteiger partial charge >= 0.3 is 0 Å². The van der Waals surface area contributed by atoms with E-state index in [1.54, 1.807) is 12.4 Å². The molecule has 1 aliphatic heterocycles. The van der Waals surface area contributed by atoms with Crippen LogP contribution in [0.2, 0.25) is 0 Å². The number of carbonyl (C=O) groups is 2. The summed E-state index contributed by atoms with van der Waals surface area (Å²) in [6, 6.07) is 3.38. The van der Waals surface area contributed by atoms with Crippen LogP contribution in [-0.4, -0.2) is 40.8 Å². The van der Waals surface area contributed by atoms with Crippen molar-refractivity contribution in [3.8, 4) is 0 Å². The van der Waals surface area contributed by atoms with Crippen LogP contribution in [0.5, 0.6) is 0 Å². The zero-order chi connectivity index (χ0) is 15.2. The van der Waals surface area contributed by atoms with Crippen molar-refractivity contribution >= 4 is 11.8 Å². The van der Waals surface area contributed by atoms with Gasteiger partial charge in [0.2, 0.25) is 11.8 Å². The highest BCUT2D eigenvalue weighted by Gasteiger charge is 2.33. The Morgan fingerprint density at radius 1 is 1.48 bits per heavy atom. The minimum absolute atomic E-state index is 0.0832. The molecule has 2 atom stereocenters. The summed E-state index contributed by atoms with van der Waals surface area (Å²) < 4.78 is 0. The van der Waals surface area contributed by atoms with Gasteiger partial charge in [0, 0.05) is 44.4 Å². The van der Waals surface area contributed by atoms with Crippen molar-refractivity contribution in [3.05, 3.63) is 30.1 Å². The van der Waals surface area contributed by atoms with Gasteiger partial charge < -0.3 is 16.0 Å². The molecular weight excluding hydrogens is 268 g/mol. The van der Waals surface area contributed by atoms with E-state index in [0.717, 1.165) is 12.0 Å². The van der Waals surface area contributed by atoms with Gasteiger partial charge in [-0.2, -0.15) is 0 Å². The number of primary amides is 1. The average molecular weight is 290 g/mol. The van der Waals surface area contributed by atoms with Crippen LogP contribution < -0.4 is 11.1 Å². The fourth-order valence-electron chi connectivity index (χ4n) is 2.74. The second kappa shape index (κ2) is 7.17. The molecule has 0 radical (unpaired) electrons. The molecule has 114 valence electrons. The number of aromatic nitrogens is 1. The highest BCUT2D eigenvalue weighted by Crippen LogP contribution is 2.20. The Morgan fingerprint density at radius 2 is 2.19 bits per heavy atom. The van der Waals surface area contributed by atoms with E-state index in [0.29, 0.717) is 26.1 Å². The van der Waals surface area contributed by atoms with E-state index in [-0.39, 0.29) is 17.7 Å². The second-order valence-electron chi connectivity index (χ2n) is 5.36. The first-order valence-electron chi connectivity index (χ1n) is 7.31. The van der Waals surface area contributed by atoms with Crippen molar-refractivity contribution in [3.63, 3.8) is 0 Å². The van der Waals surface area contributed by atoms with Crippen LogP contribution in [0.25, 0.3) is 0 Å². The normalized spacial score (nSPS) is 19.5. The van der Waals surface area contributed by atoms with Crippen molar-refractivity contribution < 1.29 is 9.59 Å². The summed E-state index contributed by atoms with van der Waals surface area (Å²) in [6.07, 6.45) is 4.74. The summed E-state index contributed by atoms with van der Waals surface area (Å²) in [5.74, 6) is -0.144. The van der Waals surface area contributed by atoms with Crippen molar-refractivity contribution in [2.24, 2.45) is 11.7 Å². The van der Waals surface area contributed by atoms with Gasteiger partial charge in [0.15, 0.2) is 0 Å². The summed E-state index contributed by atoms with van der Waals surface area (Å²) in [5, 5.41) is 3.21. The van der Waals surface area contributed by atoms with Gasteiger partial charge in [-0.1, -0.05) is 6.92 Å². The molecule has 6 heteroatoms. The van der Waals surface area contributed by atoms with Crippen molar-refractivity contribution in [2.75, 3.05) is 13.1 Å². The second-order valence-corrected chi connectivity index (χ2v) is 5.36. The number of hydrogen-bond donors (Lipinski definition) is 2. The van der Waals surface area contributed by atoms with Gasteiger partial charge in [-0.15, -0.1) is 0 Å². The van der Waals surface area contributed by atoms with E-state index >= 15 is 0 Å². The fraction of sp³-hybridized carbons (Fsp3) is 0.533. The van der Waals surface area contributed by atoms with Crippen LogP contribution in [-0.2, 0) is 16.1 Å². The molecule has 1 aromatic rings. The number of nitrogens with one attached hydrogen (secondary N) is 1. The lowest BCUT2D eigenvalue weighted by Crippen LogP contribution is -2.47. The molecule has 0 aromatic carbocycles. The number of hydrogen-bond acceptors (Lipinski definition) is 4. The third-order valence-corrected chi connectivity index (χ3v) is 3.93. The molecule has 0 bridgehead atoms. The molecule has 1 fully saturated rings. The largest absolute Gasteiger partial charge is 0.368 e. The summed E-state index contributed by atoms with van der Waals surface area (Å²) in [5.41, 5.74) is 6.57. The molecule has 2 heterocycles. The van der Waals surface area contributed by atoms with E-state index in [4.69, 9.17) is 5.73 Å². The maximum Gasteiger partial charge on any atom is 0.234 e. The smallest absolute Gasteiger partial charge is 0.234 e. The molecule has 0 spiro atoms. The lowest BCUT2D eigenvalue weighted by Gasteiger charge is -2.22. The topological polar surface area (TPSA) is 88.3 Å². The number of carbonyl (C=O) groups excluding carboxylic acids is 2. The molecule has 21 heavy (non-hydrogen) atoms. The van der Waals surface area contributed by atoms with Crippen LogP contribution in [0.1, 0.15) is 25.3 Å². The zero-order valence-electron chi connectivity index (χ0n) is 12.3. The van der Waals surface area contributed by atoms with Crippen LogP contribution in [0.15, 0.2) is 24.5 Å². The molecule has 1 aliphatic rings. The minimum atomic E-state index is -0.409. The number of rotatable bonds is 6. The van der Waals surface area contributed by atoms with E-state index in [2.05, 4.69) is 10.3 Å². The van der Waals surface area contributed by atoms with E-state index < -0.39 is 6.04 Å². The Balaban J connectivity index is 1.94. The van der Waals surface area contributed by atoms with Crippen molar-refractivity contribution in [1.29, 1.82) is 0 Å². The quantitative estimate of drug-likeness (QED) is 0.788. The number of pyridine rings is 1. The van der Waals surface area contributed by atoms with Crippen LogP contribution in [0.3, 0.4) is 0 Å². The number of amides is 2. The molecule has 1 saturated heterocycles. The molecule has 0 aliphatic carbocycles. The molecule has 2 rings (SSSR count). The Bertz CT molecular complexity index is 492. The molecular formula is C15H22N4O2. The van der Waals surface area contributed by atoms with Gasteiger partial charge in [0.05, 0.1) is 6.04 Å². The van der Waals surface area contributed by atoms with Gasteiger partial charge in [0.25, 0.3) is 0 Å². The Kier molecular flexibility index (Phi) is 5.27. The van der Waals surface area contributed by atoms with E-state index in [9.17, 15) is 9.59 Å². The molecule has 3 N–H and O–H groups in total. The summed E-state index contributed by atoms with van der Waals surface area (Å²) >= 11 is 0. The van der Waals surface area contributed by atoms with Gasteiger partial charge in [0.1, 0.15) is 0 Å². The Morgan fingerprint density at radius 3 is 2.81 bits per heavy atom. The standard InChI is InChI=1S/C15H22N4O2/c1-2-13(20)19-8-5-12(10-19)14(15(16)21)18-9-11-3-6-17-7-4-11/h3-4,6-7,12,14,18H,2,5,8-10H2,1H3,(H2,16,21). The summed E-state index contributed by atoms with van der Waals surface area (Å²) in [4.78, 5) is 29.2. The highest BCUT2D eigenvalue weighted by atomic mass is 16.2. The first kappa shape index (κ1) is 15.4. The average Bonchev–Trinajstić information content (AvgIpc) is 2.97.